The Morgan fingerprint density at radius 1 is 1.07 bits per heavy atom. The van der Waals surface area contributed by atoms with Gasteiger partial charge in [0.2, 0.25) is 0 Å². The van der Waals surface area contributed by atoms with Gasteiger partial charge in [0.15, 0.2) is 5.96 Å². The van der Waals surface area contributed by atoms with Crippen molar-refractivity contribution in [3.8, 4) is 0 Å². The summed E-state index contributed by atoms with van der Waals surface area (Å²) in [6, 6.07) is 15.4. The third-order valence-corrected chi connectivity index (χ3v) is 4.38. The van der Waals surface area contributed by atoms with E-state index in [1.165, 1.54) is 0 Å². The number of rotatable bonds is 7. The lowest BCUT2D eigenvalue weighted by atomic mass is 10.1. The smallest absolute Gasteiger partial charge is 0.253 e. The number of carbonyl (C=O) groups is 1. The van der Waals surface area contributed by atoms with Gasteiger partial charge in [0, 0.05) is 37.8 Å². The first-order chi connectivity index (χ1) is 13.0. The lowest BCUT2D eigenvalue weighted by Gasteiger charge is -2.12. The summed E-state index contributed by atoms with van der Waals surface area (Å²) in [5.41, 5.74) is 2.84. The van der Waals surface area contributed by atoms with Crippen LogP contribution in [0, 0.1) is 0 Å². The van der Waals surface area contributed by atoms with Crippen LogP contribution in [-0.2, 0) is 13.0 Å². The Hall–Kier alpha value is -1.80. The van der Waals surface area contributed by atoms with Gasteiger partial charge < -0.3 is 15.5 Å². The lowest BCUT2D eigenvalue weighted by Crippen LogP contribution is -2.38. The summed E-state index contributed by atoms with van der Waals surface area (Å²) in [5, 5.41) is 7.36. The predicted molar refractivity (Wildman–Crippen MR) is 128 cm³/mol. The molecule has 0 bridgehead atoms. The summed E-state index contributed by atoms with van der Waals surface area (Å²) in [5.74, 6) is 0.762. The second-order valence-electron chi connectivity index (χ2n) is 6.36. The molecule has 2 rings (SSSR count). The number of aliphatic imine (C=N–C) groups is 1. The van der Waals surface area contributed by atoms with Crippen molar-refractivity contribution in [2.24, 2.45) is 4.99 Å². The molecule has 5 nitrogen and oxygen atoms in total. The van der Waals surface area contributed by atoms with Crippen LogP contribution in [-0.4, -0.2) is 44.0 Å². The van der Waals surface area contributed by atoms with E-state index < -0.39 is 0 Å². The molecule has 0 aromatic heterocycles. The zero-order valence-electron chi connectivity index (χ0n) is 16.5. The van der Waals surface area contributed by atoms with Gasteiger partial charge >= 0.3 is 0 Å². The quantitative estimate of drug-likeness (QED) is 0.334. The molecule has 0 atom stereocenters. The van der Waals surface area contributed by atoms with Crippen LogP contribution in [0.25, 0.3) is 0 Å². The summed E-state index contributed by atoms with van der Waals surface area (Å²) in [6.45, 7) is 4.10. The SMILES string of the molecule is CCNC(=NCc1ccc(C(=O)N(C)C)cc1)NCCc1ccccc1Cl.I. The average Bonchev–Trinajstić information content (AvgIpc) is 2.67. The van der Waals surface area contributed by atoms with Crippen molar-refractivity contribution in [1.82, 2.24) is 15.5 Å². The Bertz CT molecular complexity index is 778. The number of carbonyl (C=O) groups excluding carboxylic acids is 1. The fourth-order valence-corrected chi connectivity index (χ4v) is 2.77. The number of guanidine groups is 1. The molecule has 2 aromatic rings. The third-order valence-electron chi connectivity index (χ3n) is 4.02. The maximum absolute atomic E-state index is 11.9. The van der Waals surface area contributed by atoms with E-state index in [1.54, 1.807) is 19.0 Å². The highest BCUT2D eigenvalue weighted by molar-refractivity contribution is 14.0. The van der Waals surface area contributed by atoms with Gasteiger partial charge in [-0.25, -0.2) is 4.99 Å². The maximum atomic E-state index is 11.9. The largest absolute Gasteiger partial charge is 0.357 e. The molecule has 0 saturated carbocycles. The molecular formula is C21H28ClIN4O. The molecule has 0 heterocycles. The second-order valence-corrected chi connectivity index (χ2v) is 6.77. The van der Waals surface area contributed by atoms with E-state index in [9.17, 15) is 4.79 Å². The Kier molecular flexibility index (Phi) is 10.9. The van der Waals surface area contributed by atoms with Crippen LogP contribution in [0.1, 0.15) is 28.4 Å². The van der Waals surface area contributed by atoms with Crippen molar-refractivity contribution in [3.05, 3.63) is 70.2 Å². The molecular weight excluding hydrogens is 487 g/mol. The summed E-state index contributed by atoms with van der Waals surface area (Å²) < 4.78 is 0. The first-order valence-corrected chi connectivity index (χ1v) is 9.45. The van der Waals surface area contributed by atoms with Crippen LogP contribution in [0.3, 0.4) is 0 Å². The number of hydrogen-bond acceptors (Lipinski definition) is 2. The molecule has 0 aliphatic heterocycles. The minimum atomic E-state index is -0.000343. The van der Waals surface area contributed by atoms with Crippen LogP contribution < -0.4 is 10.6 Å². The van der Waals surface area contributed by atoms with Crippen LogP contribution in [0.2, 0.25) is 5.02 Å². The van der Waals surface area contributed by atoms with Gasteiger partial charge in [0.25, 0.3) is 5.91 Å². The van der Waals surface area contributed by atoms with E-state index in [0.717, 1.165) is 41.6 Å². The molecule has 2 aromatic carbocycles. The van der Waals surface area contributed by atoms with Crippen LogP contribution >= 0.6 is 35.6 Å². The van der Waals surface area contributed by atoms with Crippen LogP contribution in [0.5, 0.6) is 0 Å². The molecule has 2 N–H and O–H groups in total. The molecule has 0 aliphatic rings. The van der Waals surface area contributed by atoms with Crippen LogP contribution in [0.4, 0.5) is 0 Å². The van der Waals surface area contributed by atoms with E-state index in [-0.39, 0.29) is 29.9 Å². The minimum Gasteiger partial charge on any atom is -0.357 e. The molecule has 0 saturated heterocycles. The first kappa shape index (κ1) is 24.2. The van der Waals surface area contributed by atoms with Gasteiger partial charge in [-0.3, -0.25) is 4.79 Å². The van der Waals surface area contributed by atoms with Gasteiger partial charge in [-0.1, -0.05) is 41.9 Å². The number of amides is 1. The predicted octanol–water partition coefficient (Wildman–Crippen LogP) is 3.96. The molecule has 0 fully saturated rings. The number of nitrogens with zero attached hydrogens (tertiary/aromatic N) is 2. The fourth-order valence-electron chi connectivity index (χ4n) is 2.54. The molecule has 0 aliphatic carbocycles. The molecule has 1 amide bonds. The minimum absolute atomic E-state index is 0. The maximum Gasteiger partial charge on any atom is 0.253 e. The standard InChI is InChI=1S/C21H27ClN4O.HI/c1-4-23-21(24-14-13-17-7-5-6-8-19(17)22)25-15-16-9-11-18(12-10-16)20(27)26(2)3;/h5-12H,4,13-15H2,1-3H3,(H2,23,24,25);1H. The molecule has 7 heteroatoms. The highest BCUT2D eigenvalue weighted by atomic mass is 127. The van der Waals surface area contributed by atoms with Crippen molar-refractivity contribution in [1.29, 1.82) is 0 Å². The number of halogens is 2. The van der Waals surface area contributed by atoms with Gasteiger partial charge in [0.1, 0.15) is 0 Å². The van der Waals surface area contributed by atoms with E-state index in [4.69, 9.17) is 11.6 Å². The fraction of sp³-hybridized carbons (Fsp3) is 0.333. The van der Waals surface area contributed by atoms with Crippen molar-refractivity contribution >= 4 is 47.4 Å². The Labute approximate surface area is 189 Å². The van der Waals surface area contributed by atoms with Crippen molar-refractivity contribution in [2.45, 2.75) is 19.9 Å². The zero-order valence-corrected chi connectivity index (χ0v) is 19.6. The summed E-state index contributed by atoms with van der Waals surface area (Å²) in [7, 11) is 3.50. The molecule has 0 spiro atoms. The molecule has 0 unspecified atom stereocenters. The van der Waals surface area contributed by atoms with E-state index in [2.05, 4.69) is 15.6 Å². The topological polar surface area (TPSA) is 56.7 Å². The monoisotopic (exact) mass is 514 g/mol. The van der Waals surface area contributed by atoms with E-state index in [1.807, 2.05) is 55.5 Å². The summed E-state index contributed by atoms with van der Waals surface area (Å²) >= 11 is 6.20. The van der Waals surface area contributed by atoms with Crippen molar-refractivity contribution in [3.63, 3.8) is 0 Å². The first-order valence-electron chi connectivity index (χ1n) is 9.07. The Balaban J connectivity index is 0.00000392. The van der Waals surface area contributed by atoms with Crippen molar-refractivity contribution in [2.75, 3.05) is 27.2 Å². The van der Waals surface area contributed by atoms with E-state index in [0.29, 0.717) is 12.1 Å². The highest BCUT2D eigenvalue weighted by Crippen LogP contribution is 2.14. The molecule has 28 heavy (non-hydrogen) atoms. The highest BCUT2D eigenvalue weighted by Gasteiger charge is 2.07. The number of nitrogens with one attached hydrogen (secondary N) is 2. The second kappa shape index (κ2) is 12.6. The Morgan fingerprint density at radius 2 is 1.75 bits per heavy atom. The number of benzene rings is 2. The normalized spacial score (nSPS) is 10.8. The van der Waals surface area contributed by atoms with Crippen LogP contribution in [0.15, 0.2) is 53.5 Å². The van der Waals surface area contributed by atoms with Gasteiger partial charge in [0.05, 0.1) is 6.54 Å². The average molecular weight is 515 g/mol. The molecule has 0 radical (unpaired) electrons. The van der Waals surface area contributed by atoms with E-state index >= 15 is 0 Å². The van der Waals surface area contributed by atoms with Gasteiger partial charge in [-0.2, -0.15) is 0 Å². The Morgan fingerprint density at radius 3 is 2.36 bits per heavy atom. The van der Waals surface area contributed by atoms with Gasteiger partial charge in [-0.05, 0) is 42.7 Å². The lowest BCUT2D eigenvalue weighted by molar-refractivity contribution is 0.0827. The van der Waals surface area contributed by atoms with Gasteiger partial charge in [-0.15, -0.1) is 24.0 Å². The molecule has 152 valence electrons. The zero-order chi connectivity index (χ0) is 19.6. The third kappa shape index (κ3) is 7.67. The number of hydrogen-bond donors (Lipinski definition) is 2. The van der Waals surface area contributed by atoms with Crippen molar-refractivity contribution < 1.29 is 4.79 Å². The summed E-state index contributed by atoms with van der Waals surface area (Å²) in [4.78, 5) is 18.1. The summed E-state index contributed by atoms with van der Waals surface area (Å²) in [6.07, 6.45) is 0.825.